The Morgan fingerprint density at radius 3 is 2.21 bits per heavy atom. The molecule has 0 radical (unpaired) electrons. The smallest absolute Gasteiger partial charge is 0.344 e. The van der Waals surface area contributed by atoms with Gasteiger partial charge in [-0.2, -0.15) is 0 Å². The van der Waals surface area contributed by atoms with Crippen molar-refractivity contribution < 1.29 is 19.1 Å². The van der Waals surface area contributed by atoms with Crippen LogP contribution in [0.4, 0.5) is 5.69 Å². The third-order valence-corrected chi connectivity index (χ3v) is 4.45. The molecule has 1 atom stereocenters. The van der Waals surface area contributed by atoms with Crippen LogP contribution in [0.1, 0.15) is 44.4 Å². The van der Waals surface area contributed by atoms with E-state index in [2.05, 4.69) is 26.1 Å². The van der Waals surface area contributed by atoms with Crippen molar-refractivity contribution in [3.8, 4) is 5.75 Å². The van der Waals surface area contributed by atoms with Crippen molar-refractivity contribution in [3.05, 3.63) is 59.2 Å². The fourth-order valence-corrected chi connectivity index (χ4v) is 2.87. The number of hydrogen-bond acceptors (Lipinski definition) is 4. The Balaban J connectivity index is 1.94. The number of ether oxygens (including phenoxy) is 2. The molecule has 0 heterocycles. The lowest BCUT2D eigenvalue weighted by Gasteiger charge is -2.22. The number of carbonyl (C=O) groups is 2. The van der Waals surface area contributed by atoms with E-state index in [4.69, 9.17) is 9.47 Å². The van der Waals surface area contributed by atoms with E-state index >= 15 is 0 Å². The monoisotopic (exact) mass is 383 g/mol. The minimum atomic E-state index is -0.923. The Morgan fingerprint density at radius 1 is 1.00 bits per heavy atom. The molecule has 2 aromatic carbocycles. The number of anilines is 1. The summed E-state index contributed by atoms with van der Waals surface area (Å²) in [6.07, 6.45) is -0.923. The lowest BCUT2D eigenvalue weighted by atomic mass is 9.86. The molecule has 0 aliphatic rings. The normalized spacial score (nSPS) is 12.2. The first-order valence-electron chi connectivity index (χ1n) is 9.38. The van der Waals surface area contributed by atoms with E-state index in [0.717, 1.165) is 22.4 Å². The van der Waals surface area contributed by atoms with Crippen LogP contribution in [0.2, 0.25) is 0 Å². The largest absolute Gasteiger partial charge is 0.482 e. The molecule has 0 aliphatic heterocycles. The van der Waals surface area contributed by atoms with Crippen molar-refractivity contribution in [2.75, 3.05) is 11.9 Å². The second-order valence-electron chi connectivity index (χ2n) is 7.92. The van der Waals surface area contributed by atoms with Gasteiger partial charge >= 0.3 is 5.97 Å². The van der Waals surface area contributed by atoms with Crippen molar-refractivity contribution in [1.82, 2.24) is 0 Å². The van der Waals surface area contributed by atoms with Gasteiger partial charge in [-0.25, -0.2) is 4.79 Å². The van der Waals surface area contributed by atoms with Gasteiger partial charge in [-0.3, -0.25) is 4.79 Å². The molecular formula is C23H29NO4. The molecule has 28 heavy (non-hydrogen) atoms. The summed E-state index contributed by atoms with van der Waals surface area (Å²) in [6.45, 7) is 11.4. The van der Waals surface area contributed by atoms with Crippen molar-refractivity contribution in [3.63, 3.8) is 0 Å². The van der Waals surface area contributed by atoms with Crippen molar-refractivity contribution in [2.45, 2.75) is 53.1 Å². The molecule has 5 heteroatoms. The van der Waals surface area contributed by atoms with Crippen molar-refractivity contribution >= 4 is 17.6 Å². The minimum absolute atomic E-state index is 0.112. The Morgan fingerprint density at radius 2 is 1.61 bits per heavy atom. The topological polar surface area (TPSA) is 64.6 Å². The van der Waals surface area contributed by atoms with Crippen LogP contribution >= 0.6 is 0 Å². The van der Waals surface area contributed by atoms with Gasteiger partial charge in [-0.05, 0) is 48.9 Å². The molecule has 1 N–H and O–H groups in total. The van der Waals surface area contributed by atoms with Crippen LogP contribution < -0.4 is 10.1 Å². The van der Waals surface area contributed by atoms with E-state index in [0.29, 0.717) is 5.75 Å². The van der Waals surface area contributed by atoms with Crippen LogP contribution in [0.15, 0.2) is 42.5 Å². The first kappa shape index (κ1) is 21.5. The Bertz CT molecular complexity index is 832. The Kier molecular flexibility index (Phi) is 6.84. The Hall–Kier alpha value is -2.82. The lowest BCUT2D eigenvalue weighted by Crippen LogP contribution is -2.32. The van der Waals surface area contributed by atoms with E-state index < -0.39 is 12.1 Å². The molecule has 0 bridgehead atoms. The molecule has 2 aromatic rings. The number of benzene rings is 2. The van der Waals surface area contributed by atoms with Gasteiger partial charge in [0.1, 0.15) is 5.75 Å². The highest BCUT2D eigenvalue weighted by Gasteiger charge is 2.21. The number of para-hydroxylation sites is 2. The number of aryl methyl sites for hydroxylation is 2. The molecular weight excluding hydrogens is 354 g/mol. The molecule has 0 saturated carbocycles. The van der Waals surface area contributed by atoms with E-state index in [1.54, 1.807) is 6.92 Å². The highest BCUT2D eigenvalue weighted by Crippen LogP contribution is 2.30. The van der Waals surface area contributed by atoms with Crippen molar-refractivity contribution in [1.29, 1.82) is 0 Å². The summed E-state index contributed by atoms with van der Waals surface area (Å²) in [7, 11) is 0. The molecule has 150 valence electrons. The minimum Gasteiger partial charge on any atom is -0.482 e. The van der Waals surface area contributed by atoms with Crippen LogP contribution in [0.25, 0.3) is 0 Å². The van der Waals surface area contributed by atoms with Crippen molar-refractivity contribution in [2.24, 2.45) is 0 Å². The summed E-state index contributed by atoms with van der Waals surface area (Å²) in [5, 5.41) is 2.83. The van der Waals surface area contributed by atoms with Gasteiger partial charge < -0.3 is 14.8 Å². The van der Waals surface area contributed by atoms with E-state index in [9.17, 15) is 9.59 Å². The maximum Gasteiger partial charge on any atom is 0.344 e. The predicted molar refractivity (Wildman–Crippen MR) is 111 cm³/mol. The van der Waals surface area contributed by atoms with Crippen LogP contribution in [-0.4, -0.2) is 24.6 Å². The zero-order valence-electron chi connectivity index (χ0n) is 17.5. The van der Waals surface area contributed by atoms with Gasteiger partial charge in [0.2, 0.25) is 0 Å². The highest BCUT2D eigenvalue weighted by molar-refractivity contribution is 5.96. The average Bonchev–Trinajstić information content (AvgIpc) is 2.62. The van der Waals surface area contributed by atoms with E-state index in [-0.39, 0.29) is 17.9 Å². The maximum atomic E-state index is 12.4. The van der Waals surface area contributed by atoms with Crippen LogP contribution in [0.5, 0.6) is 5.75 Å². The molecule has 0 spiro atoms. The maximum absolute atomic E-state index is 12.4. The van der Waals surface area contributed by atoms with Crippen LogP contribution in [0, 0.1) is 13.8 Å². The molecule has 0 aromatic heterocycles. The summed E-state index contributed by atoms with van der Waals surface area (Å²) in [4.78, 5) is 24.5. The molecule has 2 rings (SSSR count). The number of carbonyl (C=O) groups excluding carboxylic acids is 2. The number of amides is 1. The molecule has 0 aliphatic carbocycles. The fourth-order valence-electron chi connectivity index (χ4n) is 2.87. The summed E-state index contributed by atoms with van der Waals surface area (Å²) in [5.41, 5.74) is 3.54. The Labute approximate surface area is 167 Å². The van der Waals surface area contributed by atoms with Gasteiger partial charge in [-0.1, -0.05) is 57.2 Å². The van der Waals surface area contributed by atoms with Gasteiger partial charge in [0.15, 0.2) is 12.7 Å². The second-order valence-corrected chi connectivity index (χ2v) is 7.92. The number of hydrogen-bond donors (Lipinski definition) is 1. The highest BCUT2D eigenvalue weighted by atomic mass is 16.6. The third-order valence-electron chi connectivity index (χ3n) is 4.45. The third kappa shape index (κ3) is 5.59. The van der Waals surface area contributed by atoms with Gasteiger partial charge in [0, 0.05) is 5.69 Å². The zero-order valence-corrected chi connectivity index (χ0v) is 17.5. The lowest BCUT2D eigenvalue weighted by molar-refractivity contribution is -0.155. The first-order valence-corrected chi connectivity index (χ1v) is 9.38. The fraction of sp³-hybridized carbons (Fsp3) is 0.391. The summed E-state index contributed by atoms with van der Waals surface area (Å²) in [6, 6.07) is 13.4. The predicted octanol–water partition coefficient (Wildman–Crippen LogP) is 4.55. The van der Waals surface area contributed by atoms with Crippen LogP contribution in [-0.2, 0) is 19.7 Å². The molecule has 0 fully saturated rings. The standard InChI is InChI=1S/C23H29NO4/c1-15-10-9-11-16(2)21(15)24-22(26)17(3)28-20(25)14-27-19-13-8-7-12-18(19)23(4,5)6/h7-13,17H,14H2,1-6H3,(H,24,26)/t17-/m1/s1. The average molecular weight is 383 g/mol. The number of rotatable bonds is 6. The molecule has 0 saturated heterocycles. The summed E-state index contributed by atoms with van der Waals surface area (Å²) < 4.78 is 10.9. The van der Waals surface area contributed by atoms with E-state index in [1.165, 1.54) is 0 Å². The zero-order chi connectivity index (χ0) is 20.9. The number of nitrogens with one attached hydrogen (secondary N) is 1. The second kappa shape index (κ2) is 8.91. The number of esters is 1. The quantitative estimate of drug-likeness (QED) is 0.743. The molecule has 0 unspecified atom stereocenters. The van der Waals surface area contributed by atoms with Crippen LogP contribution in [0.3, 0.4) is 0 Å². The molecule has 1 amide bonds. The van der Waals surface area contributed by atoms with Gasteiger partial charge in [0.05, 0.1) is 0 Å². The first-order chi connectivity index (χ1) is 13.1. The molecule has 5 nitrogen and oxygen atoms in total. The van der Waals surface area contributed by atoms with Gasteiger partial charge in [0.25, 0.3) is 5.91 Å². The summed E-state index contributed by atoms with van der Waals surface area (Å²) in [5.74, 6) is -0.326. The summed E-state index contributed by atoms with van der Waals surface area (Å²) >= 11 is 0. The van der Waals surface area contributed by atoms with E-state index in [1.807, 2.05) is 56.3 Å². The SMILES string of the molecule is Cc1cccc(C)c1NC(=O)[C@@H](C)OC(=O)COc1ccccc1C(C)(C)C. The van der Waals surface area contributed by atoms with Gasteiger partial charge in [-0.15, -0.1) is 0 Å².